The van der Waals surface area contributed by atoms with Gasteiger partial charge < -0.3 is 15.2 Å². The molecule has 3 aromatic rings. The van der Waals surface area contributed by atoms with Gasteiger partial charge in [-0.15, -0.1) is 0 Å². The standard InChI is InChI=1S/C19H18ClN3O4/c1-4-13-17(23-9-10(2)5-6-16(23)21-13)18(24)22-14-8-15(27-3)11(19(25)26)7-12(14)20/h5-9H,4H2,1-3H3,(H,22,24)(H,25,26). The molecule has 0 fully saturated rings. The average Bonchev–Trinajstić information content (AvgIpc) is 3.00. The summed E-state index contributed by atoms with van der Waals surface area (Å²) in [5, 5.41) is 12.1. The predicted octanol–water partition coefficient (Wildman–Crippen LogP) is 3.82. The van der Waals surface area contributed by atoms with Crippen LogP contribution in [0.5, 0.6) is 5.75 Å². The number of aromatic carboxylic acids is 1. The lowest BCUT2D eigenvalue weighted by Crippen LogP contribution is -2.17. The van der Waals surface area contributed by atoms with E-state index >= 15 is 0 Å². The maximum Gasteiger partial charge on any atom is 0.339 e. The van der Waals surface area contributed by atoms with E-state index in [2.05, 4.69) is 10.3 Å². The van der Waals surface area contributed by atoms with E-state index in [1.165, 1.54) is 19.2 Å². The number of methoxy groups -OCH3 is 1. The maximum absolute atomic E-state index is 13.0. The van der Waals surface area contributed by atoms with E-state index in [0.717, 1.165) is 5.56 Å². The van der Waals surface area contributed by atoms with Crippen LogP contribution in [0, 0.1) is 6.92 Å². The number of nitrogens with one attached hydrogen (secondary N) is 1. The van der Waals surface area contributed by atoms with Crippen molar-refractivity contribution in [3.8, 4) is 5.75 Å². The van der Waals surface area contributed by atoms with Crippen LogP contribution in [0.15, 0.2) is 30.5 Å². The molecule has 27 heavy (non-hydrogen) atoms. The minimum absolute atomic E-state index is 0.0832. The van der Waals surface area contributed by atoms with E-state index in [9.17, 15) is 14.7 Å². The third kappa shape index (κ3) is 3.46. The largest absolute Gasteiger partial charge is 0.496 e. The van der Waals surface area contributed by atoms with Crippen molar-refractivity contribution >= 4 is 34.8 Å². The van der Waals surface area contributed by atoms with Gasteiger partial charge in [0, 0.05) is 12.3 Å². The fourth-order valence-electron chi connectivity index (χ4n) is 2.85. The first-order chi connectivity index (χ1) is 12.8. The highest BCUT2D eigenvalue weighted by Crippen LogP contribution is 2.31. The van der Waals surface area contributed by atoms with Crippen molar-refractivity contribution in [2.24, 2.45) is 0 Å². The Labute approximate surface area is 160 Å². The molecule has 1 aromatic carbocycles. The van der Waals surface area contributed by atoms with Gasteiger partial charge in [0.05, 0.1) is 23.5 Å². The Morgan fingerprint density at radius 3 is 2.70 bits per heavy atom. The number of hydrogen-bond acceptors (Lipinski definition) is 4. The van der Waals surface area contributed by atoms with Gasteiger partial charge in [-0.3, -0.25) is 9.20 Å². The molecule has 0 spiro atoms. The molecule has 0 saturated carbocycles. The van der Waals surface area contributed by atoms with Gasteiger partial charge in [-0.1, -0.05) is 24.6 Å². The molecule has 0 aliphatic heterocycles. The van der Waals surface area contributed by atoms with Crippen LogP contribution in [-0.4, -0.2) is 33.5 Å². The van der Waals surface area contributed by atoms with E-state index in [-0.39, 0.29) is 22.0 Å². The fourth-order valence-corrected chi connectivity index (χ4v) is 3.06. The number of rotatable bonds is 5. The summed E-state index contributed by atoms with van der Waals surface area (Å²) in [5.74, 6) is -1.46. The molecule has 0 atom stereocenters. The molecule has 0 radical (unpaired) electrons. The minimum atomic E-state index is -1.17. The number of pyridine rings is 1. The van der Waals surface area contributed by atoms with Crippen LogP contribution in [0.4, 0.5) is 5.69 Å². The molecule has 0 saturated heterocycles. The molecule has 3 rings (SSSR count). The van der Waals surface area contributed by atoms with Crippen LogP contribution in [0.3, 0.4) is 0 Å². The number of carbonyl (C=O) groups is 2. The second-order valence-corrected chi connectivity index (χ2v) is 6.39. The normalized spacial score (nSPS) is 10.8. The molecule has 140 valence electrons. The molecule has 7 nitrogen and oxygen atoms in total. The number of anilines is 1. The topological polar surface area (TPSA) is 92.9 Å². The van der Waals surface area contributed by atoms with E-state index in [1.807, 2.05) is 32.2 Å². The smallest absolute Gasteiger partial charge is 0.339 e. The molecule has 0 aliphatic rings. The number of benzene rings is 1. The Hall–Kier alpha value is -3.06. The van der Waals surface area contributed by atoms with Crippen molar-refractivity contribution in [3.05, 3.63) is 58.0 Å². The number of hydrogen-bond donors (Lipinski definition) is 2. The number of aromatic nitrogens is 2. The Bertz CT molecular complexity index is 1060. The lowest BCUT2D eigenvalue weighted by molar-refractivity contribution is 0.0693. The monoisotopic (exact) mass is 387 g/mol. The van der Waals surface area contributed by atoms with Crippen LogP contribution in [0.25, 0.3) is 5.65 Å². The van der Waals surface area contributed by atoms with Crippen LogP contribution >= 0.6 is 11.6 Å². The summed E-state index contributed by atoms with van der Waals surface area (Å²) in [6, 6.07) is 6.42. The summed E-state index contributed by atoms with van der Waals surface area (Å²) >= 11 is 6.17. The van der Waals surface area contributed by atoms with Gasteiger partial charge in [-0.25, -0.2) is 9.78 Å². The Kier molecular flexibility index (Phi) is 5.05. The molecule has 2 aromatic heterocycles. The number of aryl methyl sites for hydroxylation is 2. The number of amides is 1. The van der Waals surface area contributed by atoms with Crippen molar-refractivity contribution in [1.82, 2.24) is 9.38 Å². The molecule has 2 heterocycles. The van der Waals surface area contributed by atoms with Crippen molar-refractivity contribution < 1.29 is 19.4 Å². The second-order valence-electron chi connectivity index (χ2n) is 5.99. The molecule has 8 heteroatoms. The second kappa shape index (κ2) is 7.28. The van der Waals surface area contributed by atoms with Gasteiger partial charge >= 0.3 is 5.97 Å². The summed E-state index contributed by atoms with van der Waals surface area (Å²) in [6.45, 7) is 3.85. The van der Waals surface area contributed by atoms with Crippen LogP contribution in [0.2, 0.25) is 5.02 Å². The number of fused-ring (bicyclic) bond motifs is 1. The SMILES string of the molecule is CCc1nc2ccc(C)cn2c1C(=O)Nc1cc(OC)c(C(=O)O)cc1Cl. The highest BCUT2D eigenvalue weighted by Gasteiger charge is 2.21. The molecular weight excluding hydrogens is 370 g/mol. The van der Waals surface area contributed by atoms with Crippen molar-refractivity contribution in [2.45, 2.75) is 20.3 Å². The summed E-state index contributed by atoms with van der Waals surface area (Å²) in [4.78, 5) is 28.7. The van der Waals surface area contributed by atoms with Gasteiger partial charge in [-0.05, 0) is 31.0 Å². The number of carbonyl (C=O) groups excluding carboxylic acids is 1. The van der Waals surface area contributed by atoms with E-state index in [1.54, 1.807) is 4.40 Å². The zero-order chi connectivity index (χ0) is 19.7. The van der Waals surface area contributed by atoms with Gasteiger partial charge in [-0.2, -0.15) is 0 Å². The predicted molar refractivity (Wildman–Crippen MR) is 102 cm³/mol. The Balaban J connectivity index is 2.05. The molecular formula is C19H18ClN3O4. The number of carboxylic acids is 1. The quantitative estimate of drug-likeness (QED) is 0.694. The van der Waals surface area contributed by atoms with Gasteiger partial charge in [0.1, 0.15) is 22.7 Å². The van der Waals surface area contributed by atoms with Gasteiger partial charge in [0.15, 0.2) is 0 Å². The summed E-state index contributed by atoms with van der Waals surface area (Å²) in [5.41, 5.74) is 2.90. The van der Waals surface area contributed by atoms with Crippen LogP contribution < -0.4 is 10.1 Å². The lowest BCUT2D eigenvalue weighted by Gasteiger charge is -2.12. The molecule has 0 bridgehead atoms. The lowest BCUT2D eigenvalue weighted by atomic mass is 10.1. The Morgan fingerprint density at radius 2 is 2.07 bits per heavy atom. The zero-order valence-electron chi connectivity index (χ0n) is 15.0. The number of halogens is 1. The highest BCUT2D eigenvalue weighted by atomic mass is 35.5. The van der Waals surface area contributed by atoms with Crippen LogP contribution in [0.1, 0.15) is 39.0 Å². The fraction of sp³-hybridized carbons (Fsp3) is 0.211. The van der Waals surface area contributed by atoms with Gasteiger partial charge in [0.25, 0.3) is 5.91 Å². The van der Waals surface area contributed by atoms with Crippen molar-refractivity contribution in [2.75, 3.05) is 12.4 Å². The van der Waals surface area contributed by atoms with Crippen molar-refractivity contribution in [3.63, 3.8) is 0 Å². The summed E-state index contributed by atoms with van der Waals surface area (Å²) in [7, 11) is 1.35. The molecule has 2 N–H and O–H groups in total. The Morgan fingerprint density at radius 1 is 1.33 bits per heavy atom. The third-order valence-electron chi connectivity index (χ3n) is 4.16. The first-order valence-corrected chi connectivity index (χ1v) is 8.63. The maximum atomic E-state index is 13.0. The van der Waals surface area contributed by atoms with Crippen molar-refractivity contribution in [1.29, 1.82) is 0 Å². The van der Waals surface area contributed by atoms with Gasteiger partial charge in [0.2, 0.25) is 0 Å². The molecule has 0 unspecified atom stereocenters. The zero-order valence-corrected chi connectivity index (χ0v) is 15.8. The number of carboxylic acid groups (broad SMARTS) is 1. The van der Waals surface area contributed by atoms with Crippen LogP contribution in [-0.2, 0) is 6.42 Å². The molecule has 0 aliphatic carbocycles. The van der Waals surface area contributed by atoms with E-state index < -0.39 is 11.9 Å². The highest BCUT2D eigenvalue weighted by molar-refractivity contribution is 6.34. The average molecular weight is 388 g/mol. The van der Waals surface area contributed by atoms with E-state index in [0.29, 0.717) is 23.5 Å². The number of nitrogens with zero attached hydrogens (tertiary/aromatic N) is 2. The first kappa shape index (κ1) is 18.7. The number of imidazole rings is 1. The third-order valence-corrected chi connectivity index (χ3v) is 4.47. The van der Waals surface area contributed by atoms with E-state index in [4.69, 9.17) is 16.3 Å². The summed E-state index contributed by atoms with van der Waals surface area (Å²) in [6.07, 6.45) is 2.42. The molecule has 1 amide bonds. The summed E-state index contributed by atoms with van der Waals surface area (Å²) < 4.78 is 6.83. The minimum Gasteiger partial charge on any atom is -0.496 e. The first-order valence-electron chi connectivity index (χ1n) is 8.25. The number of ether oxygens (including phenoxy) is 1.